The molecule has 2 heterocycles. The highest BCUT2D eigenvalue weighted by molar-refractivity contribution is 5.67. The molecule has 3 N–H and O–H groups in total. The Balaban J connectivity index is 2.26. The minimum absolute atomic E-state index is 0.102. The van der Waals surface area contributed by atoms with Crippen LogP contribution >= 0.6 is 0 Å². The van der Waals surface area contributed by atoms with E-state index in [1.165, 1.54) is 0 Å². The molecule has 16 heavy (non-hydrogen) atoms. The number of furan rings is 1. The lowest BCUT2D eigenvalue weighted by molar-refractivity contribution is 0.507. The third-order valence-corrected chi connectivity index (χ3v) is 3.06. The van der Waals surface area contributed by atoms with Gasteiger partial charge in [-0.3, -0.25) is 4.79 Å². The third kappa shape index (κ3) is 1.23. The maximum atomic E-state index is 11.7. The van der Waals surface area contributed by atoms with Gasteiger partial charge in [0, 0.05) is 24.1 Å². The fraction of sp³-hybridized carbons (Fsp3) is 0.250. The zero-order valence-electron chi connectivity index (χ0n) is 8.75. The van der Waals surface area contributed by atoms with E-state index in [1.807, 2.05) is 12.1 Å². The van der Waals surface area contributed by atoms with E-state index >= 15 is 0 Å². The van der Waals surface area contributed by atoms with Crippen molar-refractivity contribution in [3.05, 3.63) is 45.6 Å². The van der Waals surface area contributed by atoms with Gasteiger partial charge in [-0.1, -0.05) is 0 Å². The number of nitrogens with one attached hydrogen (secondary N) is 1. The van der Waals surface area contributed by atoms with Crippen LogP contribution in [-0.4, -0.2) is 4.98 Å². The average molecular weight is 216 g/mol. The van der Waals surface area contributed by atoms with E-state index in [-0.39, 0.29) is 12.1 Å². The number of nitrogens with two attached hydrogens (primary N) is 1. The molecule has 0 spiro atoms. The number of aryl methyl sites for hydroxylation is 2. The highest BCUT2D eigenvalue weighted by atomic mass is 16.3. The van der Waals surface area contributed by atoms with Crippen LogP contribution in [0.5, 0.6) is 0 Å². The Morgan fingerprint density at radius 3 is 3.12 bits per heavy atom. The predicted octanol–water partition coefficient (Wildman–Crippen LogP) is 1.19. The van der Waals surface area contributed by atoms with Gasteiger partial charge in [0.15, 0.2) is 0 Å². The normalized spacial score (nSPS) is 13.3. The lowest BCUT2D eigenvalue weighted by Crippen LogP contribution is -2.19. The van der Waals surface area contributed by atoms with Gasteiger partial charge in [-0.2, -0.15) is 0 Å². The molecule has 4 nitrogen and oxygen atoms in total. The van der Waals surface area contributed by atoms with Gasteiger partial charge in [-0.25, -0.2) is 0 Å². The Bertz CT molecular complexity index is 595. The van der Waals surface area contributed by atoms with Crippen molar-refractivity contribution in [2.24, 2.45) is 5.73 Å². The molecular formula is C12H12N2O2. The molecule has 4 heteroatoms. The maximum Gasteiger partial charge on any atom is 0.252 e. The number of pyridine rings is 1. The Morgan fingerprint density at radius 1 is 1.44 bits per heavy atom. The fourth-order valence-corrected chi connectivity index (χ4v) is 2.22. The van der Waals surface area contributed by atoms with Crippen LogP contribution in [0.15, 0.2) is 27.6 Å². The first-order valence-electron chi connectivity index (χ1n) is 5.31. The van der Waals surface area contributed by atoms with Crippen molar-refractivity contribution in [3.63, 3.8) is 0 Å². The zero-order chi connectivity index (χ0) is 11.1. The summed E-state index contributed by atoms with van der Waals surface area (Å²) in [6.45, 7) is 0.279. The highest BCUT2D eigenvalue weighted by Crippen LogP contribution is 2.31. The molecule has 82 valence electrons. The number of H-pyrrole nitrogens is 1. The summed E-state index contributed by atoms with van der Waals surface area (Å²) in [6, 6.07) is 3.80. The summed E-state index contributed by atoms with van der Waals surface area (Å²) in [5.74, 6) is 0.948. The van der Waals surface area contributed by atoms with Crippen LogP contribution in [0.25, 0.3) is 11.3 Å². The monoisotopic (exact) mass is 216 g/mol. The number of hydrogen-bond acceptors (Lipinski definition) is 3. The molecule has 0 saturated heterocycles. The lowest BCUT2D eigenvalue weighted by atomic mass is 9.93. The van der Waals surface area contributed by atoms with Crippen LogP contribution in [0.1, 0.15) is 16.9 Å². The fourth-order valence-electron chi connectivity index (χ4n) is 2.22. The molecule has 2 aromatic rings. The molecule has 1 aliphatic carbocycles. The van der Waals surface area contributed by atoms with Gasteiger partial charge in [0.2, 0.25) is 0 Å². The van der Waals surface area contributed by atoms with Crippen LogP contribution in [0.2, 0.25) is 0 Å². The number of hydrogen-bond donors (Lipinski definition) is 2. The molecule has 0 aromatic carbocycles. The van der Waals surface area contributed by atoms with Crippen molar-refractivity contribution in [1.82, 2.24) is 4.98 Å². The second-order valence-corrected chi connectivity index (χ2v) is 3.99. The summed E-state index contributed by atoms with van der Waals surface area (Å²) < 4.78 is 5.36. The van der Waals surface area contributed by atoms with Crippen molar-refractivity contribution < 1.29 is 4.42 Å². The van der Waals surface area contributed by atoms with E-state index in [2.05, 4.69) is 4.98 Å². The van der Waals surface area contributed by atoms with Crippen molar-refractivity contribution in [2.75, 3.05) is 0 Å². The lowest BCUT2D eigenvalue weighted by Gasteiger charge is -2.15. The van der Waals surface area contributed by atoms with Gasteiger partial charge in [0.25, 0.3) is 5.56 Å². The summed E-state index contributed by atoms with van der Waals surface area (Å²) in [5.41, 5.74) is 9.10. The van der Waals surface area contributed by atoms with Crippen LogP contribution < -0.4 is 11.3 Å². The summed E-state index contributed by atoms with van der Waals surface area (Å²) in [7, 11) is 0. The molecule has 1 aliphatic rings. The molecule has 0 radical (unpaired) electrons. The Labute approximate surface area is 92.1 Å². The zero-order valence-corrected chi connectivity index (χ0v) is 8.75. The van der Waals surface area contributed by atoms with Crippen LogP contribution in [-0.2, 0) is 19.4 Å². The van der Waals surface area contributed by atoms with Gasteiger partial charge in [0.05, 0.1) is 12.0 Å². The third-order valence-electron chi connectivity index (χ3n) is 3.06. The van der Waals surface area contributed by atoms with Crippen LogP contribution in [0.3, 0.4) is 0 Å². The molecule has 3 rings (SSSR count). The van der Waals surface area contributed by atoms with E-state index in [1.54, 1.807) is 6.26 Å². The molecular weight excluding hydrogens is 204 g/mol. The standard InChI is InChI=1S/C12H12N2O2/c13-6-8-5-7-1-2-10-9(3-4-16-10)11(7)14-12(8)15/h3-5H,1-2,6,13H2,(H,14,15). The van der Waals surface area contributed by atoms with Gasteiger partial charge in [0.1, 0.15) is 5.76 Å². The van der Waals surface area contributed by atoms with Gasteiger partial charge in [-0.05, 0) is 24.1 Å². The average Bonchev–Trinajstić information content (AvgIpc) is 2.76. The van der Waals surface area contributed by atoms with Gasteiger partial charge in [-0.15, -0.1) is 0 Å². The Morgan fingerprint density at radius 2 is 2.31 bits per heavy atom. The van der Waals surface area contributed by atoms with Crippen LogP contribution in [0, 0.1) is 0 Å². The Hall–Kier alpha value is -1.81. The van der Waals surface area contributed by atoms with Crippen molar-refractivity contribution in [3.8, 4) is 11.3 Å². The van der Waals surface area contributed by atoms with Crippen molar-refractivity contribution >= 4 is 0 Å². The molecule has 0 amide bonds. The Kier molecular flexibility index (Phi) is 1.97. The highest BCUT2D eigenvalue weighted by Gasteiger charge is 2.20. The van der Waals surface area contributed by atoms with E-state index in [4.69, 9.17) is 10.2 Å². The second kappa shape index (κ2) is 3.35. The topological polar surface area (TPSA) is 72.0 Å². The molecule has 0 aliphatic heterocycles. The van der Waals surface area contributed by atoms with Gasteiger partial charge < -0.3 is 15.1 Å². The summed E-state index contributed by atoms with van der Waals surface area (Å²) in [6.07, 6.45) is 3.43. The summed E-state index contributed by atoms with van der Waals surface area (Å²) in [5, 5.41) is 0. The molecule has 0 fully saturated rings. The molecule has 0 bridgehead atoms. The number of aromatic nitrogens is 1. The van der Waals surface area contributed by atoms with E-state index in [9.17, 15) is 4.79 Å². The SMILES string of the molecule is NCc1cc2c([nH]c1=O)-c1ccoc1CC2. The second-order valence-electron chi connectivity index (χ2n) is 3.99. The predicted molar refractivity (Wildman–Crippen MR) is 60.1 cm³/mol. The number of aromatic amines is 1. The minimum atomic E-state index is -0.102. The van der Waals surface area contributed by atoms with Gasteiger partial charge >= 0.3 is 0 Å². The minimum Gasteiger partial charge on any atom is -0.469 e. The smallest absolute Gasteiger partial charge is 0.252 e. The molecule has 2 aromatic heterocycles. The maximum absolute atomic E-state index is 11.7. The van der Waals surface area contributed by atoms with Crippen molar-refractivity contribution in [2.45, 2.75) is 19.4 Å². The molecule has 0 unspecified atom stereocenters. The first-order chi connectivity index (χ1) is 7.79. The first-order valence-corrected chi connectivity index (χ1v) is 5.31. The quantitative estimate of drug-likeness (QED) is 0.752. The van der Waals surface area contributed by atoms with E-state index < -0.39 is 0 Å². The van der Waals surface area contributed by atoms with E-state index in [0.29, 0.717) is 5.56 Å². The van der Waals surface area contributed by atoms with Crippen molar-refractivity contribution in [1.29, 1.82) is 0 Å². The molecule has 0 atom stereocenters. The van der Waals surface area contributed by atoms with E-state index in [0.717, 1.165) is 35.4 Å². The summed E-state index contributed by atoms with van der Waals surface area (Å²) in [4.78, 5) is 14.6. The number of rotatable bonds is 1. The largest absolute Gasteiger partial charge is 0.469 e. The molecule has 0 saturated carbocycles. The van der Waals surface area contributed by atoms with Crippen LogP contribution in [0.4, 0.5) is 0 Å². The number of fused-ring (bicyclic) bond motifs is 3. The first kappa shape index (κ1) is 9.42. The summed E-state index contributed by atoms with van der Waals surface area (Å²) >= 11 is 0.